The van der Waals surface area contributed by atoms with E-state index in [1.807, 2.05) is 18.3 Å². The normalized spacial score (nSPS) is 20.8. The molecule has 1 N–H and O–H groups in total. The van der Waals surface area contributed by atoms with Gasteiger partial charge in [-0.15, -0.1) is 12.4 Å². The Bertz CT molecular complexity index is 691. The standard InChI is InChI=1S/C22H32N2O.ClH/c1-3-13-24-14-11-18(17(4-2)16-24)6-5-7-19-10-12-23-22-9-8-20(25)15-21(19)22;/h8-10,12,15,17-18,25H,3-7,11,13-14,16H2,1-2H3;1H/t17-,18+;/m0./s1. The molecular weight excluding hydrogens is 344 g/mol. The number of likely N-dealkylation sites (tertiary alicyclic amines) is 1. The Balaban J connectivity index is 0.00000243. The van der Waals surface area contributed by atoms with Crippen LogP contribution in [0.3, 0.4) is 0 Å². The molecule has 4 heteroatoms. The van der Waals surface area contributed by atoms with Gasteiger partial charge in [-0.05, 0) is 86.9 Å². The van der Waals surface area contributed by atoms with E-state index in [1.165, 1.54) is 57.3 Å². The Kier molecular flexibility index (Phi) is 8.17. The number of benzene rings is 1. The third-order valence-electron chi connectivity index (χ3n) is 5.88. The first-order valence-electron chi connectivity index (χ1n) is 10.00. The summed E-state index contributed by atoms with van der Waals surface area (Å²) in [5.74, 6) is 2.06. The molecule has 0 radical (unpaired) electrons. The zero-order chi connectivity index (χ0) is 17.6. The van der Waals surface area contributed by atoms with Crippen LogP contribution < -0.4 is 0 Å². The van der Waals surface area contributed by atoms with E-state index in [-0.39, 0.29) is 12.4 Å². The highest BCUT2D eigenvalue weighted by atomic mass is 35.5. The van der Waals surface area contributed by atoms with Crippen molar-refractivity contribution >= 4 is 23.3 Å². The van der Waals surface area contributed by atoms with E-state index in [2.05, 4.69) is 29.8 Å². The third-order valence-corrected chi connectivity index (χ3v) is 5.88. The van der Waals surface area contributed by atoms with Gasteiger partial charge in [0.25, 0.3) is 0 Å². The number of phenols is 1. The molecule has 1 fully saturated rings. The summed E-state index contributed by atoms with van der Waals surface area (Å²) >= 11 is 0. The molecule has 0 saturated carbocycles. The maximum Gasteiger partial charge on any atom is 0.116 e. The SMILES string of the molecule is CCCN1CC[C@@H](CCCc2ccnc3ccc(O)cc23)[C@@H](CC)C1.Cl. The second kappa shape index (κ2) is 10.1. The van der Waals surface area contributed by atoms with Crippen molar-refractivity contribution in [2.45, 2.75) is 52.4 Å². The summed E-state index contributed by atoms with van der Waals surface area (Å²) in [4.78, 5) is 7.07. The van der Waals surface area contributed by atoms with Crippen molar-refractivity contribution in [3.8, 4) is 5.75 Å². The van der Waals surface area contributed by atoms with Gasteiger partial charge in [0.2, 0.25) is 0 Å². The smallest absolute Gasteiger partial charge is 0.116 e. The van der Waals surface area contributed by atoms with Crippen molar-refractivity contribution in [3.05, 3.63) is 36.0 Å². The van der Waals surface area contributed by atoms with Crippen LogP contribution in [0.4, 0.5) is 0 Å². The lowest BCUT2D eigenvalue weighted by molar-refractivity contribution is 0.109. The Morgan fingerprint density at radius 1 is 1.19 bits per heavy atom. The summed E-state index contributed by atoms with van der Waals surface area (Å²) in [6, 6.07) is 7.60. The van der Waals surface area contributed by atoms with Crippen molar-refractivity contribution < 1.29 is 5.11 Å². The van der Waals surface area contributed by atoms with Crippen LogP contribution in [0.25, 0.3) is 10.9 Å². The molecule has 0 bridgehead atoms. The van der Waals surface area contributed by atoms with Gasteiger partial charge in [0.1, 0.15) is 5.75 Å². The summed E-state index contributed by atoms with van der Waals surface area (Å²) < 4.78 is 0. The van der Waals surface area contributed by atoms with Gasteiger partial charge in [0.05, 0.1) is 5.52 Å². The van der Waals surface area contributed by atoms with Crippen LogP contribution in [0.15, 0.2) is 30.5 Å². The van der Waals surface area contributed by atoms with Gasteiger partial charge < -0.3 is 10.0 Å². The molecule has 1 aromatic carbocycles. The highest BCUT2D eigenvalue weighted by Crippen LogP contribution is 2.31. The second-order valence-corrected chi connectivity index (χ2v) is 7.58. The molecule has 144 valence electrons. The number of aromatic nitrogens is 1. The number of pyridine rings is 1. The maximum absolute atomic E-state index is 9.79. The van der Waals surface area contributed by atoms with E-state index in [4.69, 9.17) is 0 Å². The van der Waals surface area contributed by atoms with Gasteiger partial charge in [0.15, 0.2) is 0 Å². The summed E-state index contributed by atoms with van der Waals surface area (Å²) in [5.41, 5.74) is 2.30. The molecular formula is C22H33ClN2O. The highest BCUT2D eigenvalue weighted by Gasteiger charge is 2.27. The fourth-order valence-corrected chi connectivity index (χ4v) is 4.48. The fourth-order valence-electron chi connectivity index (χ4n) is 4.48. The van der Waals surface area contributed by atoms with Crippen LogP contribution in [-0.4, -0.2) is 34.6 Å². The van der Waals surface area contributed by atoms with Gasteiger partial charge in [-0.3, -0.25) is 4.98 Å². The van der Waals surface area contributed by atoms with Crippen LogP contribution in [0, 0.1) is 11.8 Å². The van der Waals surface area contributed by atoms with E-state index in [9.17, 15) is 5.11 Å². The molecule has 0 spiro atoms. The summed E-state index contributed by atoms with van der Waals surface area (Å²) in [5, 5.41) is 10.9. The lowest BCUT2D eigenvalue weighted by Gasteiger charge is -2.38. The summed E-state index contributed by atoms with van der Waals surface area (Å²) in [6.45, 7) is 8.47. The molecule has 1 aliphatic heterocycles. The molecule has 3 nitrogen and oxygen atoms in total. The van der Waals surface area contributed by atoms with Crippen LogP contribution in [-0.2, 0) is 6.42 Å². The predicted octanol–water partition coefficient (Wildman–Crippen LogP) is 5.44. The minimum absolute atomic E-state index is 0. The number of fused-ring (bicyclic) bond motifs is 1. The molecule has 0 aliphatic carbocycles. The van der Waals surface area contributed by atoms with Gasteiger partial charge in [0, 0.05) is 18.1 Å². The number of nitrogens with zero attached hydrogens (tertiary/aromatic N) is 2. The van der Waals surface area contributed by atoms with Crippen LogP contribution >= 0.6 is 12.4 Å². The minimum Gasteiger partial charge on any atom is -0.508 e. The number of piperidine rings is 1. The first kappa shape index (κ1) is 21.0. The zero-order valence-corrected chi connectivity index (χ0v) is 17.0. The quantitative estimate of drug-likeness (QED) is 0.698. The van der Waals surface area contributed by atoms with Crippen LogP contribution in [0.1, 0.15) is 51.5 Å². The lowest BCUT2D eigenvalue weighted by Crippen LogP contribution is -2.40. The number of hydrogen-bond acceptors (Lipinski definition) is 3. The number of hydrogen-bond donors (Lipinski definition) is 1. The Morgan fingerprint density at radius 2 is 2.04 bits per heavy atom. The van der Waals surface area contributed by atoms with E-state index < -0.39 is 0 Å². The predicted molar refractivity (Wildman–Crippen MR) is 112 cm³/mol. The van der Waals surface area contributed by atoms with Crippen LogP contribution in [0.2, 0.25) is 0 Å². The van der Waals surface area contributed by atoms with Crippen molar-refractivity contribution in [2.75, 3.05) is 19.6 Å². The second-order valence-electron chi connectivity index (χ2n) is 7.58. The molecule has 26 heavy (non-hydrogen) atoms. The summed E-state index contributed by atoms with van der Waals surface area (Å²) in [7, 11) is 0. The molecule has 0 amide bonds. The average Bonchev–Trinajstić information content (AvgIpc) is 2.63. The first-order valence-corrected chi connectivity index (χ1v) is 10.00. The molecule has 0 unspecified atom stereocenters. The van der Waals surface area contributed by atoms with Gasteiger partial charge in [-0.25, -0.2) is 0 Å². The van der Waals surface area contributed by atoms with Crippen molar-refractivity contribution in [1.29, 1.82) is 0 Å². The fraction of sp³-hybridized carbons (Fsp3) is 0.591. The van der Waals surface area contributed by atoms with Gasteiger partial charge in [-0.1, -0.05) is 20.3 Å². The Hall–Kier alpha value is -1.32. The highest BCUT2D eigenvalue weighted by molar-refractivity contribution is 5.85. The van der Waals surface area contributed by atoms with E-state index >= 15 is 0 Å². The third kappa shape index (κ3) is 5.11. The summed E-state index contributed by atoms with van der Waals surface area (Å²) in [6.07, 6.45) is 9.45. The monoisotopic (exact) mass is 376 g/mol. The average molecular weight is 377 g/mol. The molecule has 3 rings (SSSR count). The van der Waals surface area contributed by atoms with Crippen molar-refractivity contribution in [1.82, 2.24) is 9.88 Å². The van der Waals surface area contributed by atoms with E-state index in [1.54, 1.807) is 6.07 Å². The molecule has 2 atom stereocenters. The largest absolute Gasteiger partial charge is 0.508 e. The molecule has 1 aliphatic rings. The molecule has 1 saturated heterocycles. The minimum atomic E-state index is 0. The topological polar surface area (TPSA) is 36.4 Å². The first-order chi connectivity index (χ1) is 12.2. The van der Waals surface area contributed by atoms with Gasteiger partial charge >= 0.3 is 0 Å². The van der Waals surface area contributed by atoms with Crippen LogP contribution in [0.5, 0.6) is 5.75 Å². The number of phenolic OH excluding ortho intramolecular Hbond substituents is 1. The molecule has 1 aromatic heterocycles. The van der Waals surface area contributed by atoms with E-state index in [0.717, 1.165) is 29.2 Å². The van der Waals surface area contributed by atoms with Crippen molar-refractivity contribution in [2.24, 2.45) is 11.8 Å². The lowest BCUT2D eigenvalue weighted by atomic mass is 9.80. The number of aryl methyl sites for hydroxylation is 1. The molecule has 2 heterocycles. The van der Waals surface area contributed by atoms with Gasteiger partial charge in [-0.2, -0.15) is 0 Å². The Morgan fingerprint density at radius 3 is 2.81 bits per heavy atom. The number of halogens is 1. The Labute approximate surface area is 164 Å². The molecule has 2 aromatic rings. The maximum atomic E-state index is 9.79. The zero-order valence-electron chi connectivity index (χ0n) is 16.2. The number of aromatic hydroxyl groups is 1. The van der Waals surface area contributed by atoms with E-state index in [0.29, 0.717) is 5.75 Å². The van der Waals surface area contributed by atoms with Crippen molar-refractivity contribution in [3.63, 3.8) is 0 Å². The number of rotatable bonds is 7.